The Bertz CT molecular complexity index is 1390. The number of carbonyl (C=O) groups is 1. The van der Waals surface area contributed by atoms with E-state index < -0.39 is 17.5 Å². The van der Waals surface area contributed by atoms with Gasteiger partial charge in [0.05, 0.1) is 5.69 Å². The van der Waals surface area contributed by atoms with Crippen molar-refractivity contribution < 1.29 is 23.1 Å². The van der Waals surface area contributed by atoms with Gasteiger partial charge in [0.15, 0.2) is 5.82 Å². The number of hydrogen-bond donors (Lipinski definition) is 2. The number of likely N-dealkylation sites (tertiary alicyclic amines) is 1. The Kier molecular flexibility index (Phi) is 8.32. The zero-order valence-electron chi connectivity index (χ0n) is 23.9. The second-order valence-electron chi connectivity index (χ2n) is 11.9. The zero-order valence-corrected chi connectivity index (χ0v) is 23.9. The highest BCUT2D eigenvalue weighted by Crippen LogP contribution is 2.37. The van der Waals surface area contributed by atoms with Crippen molar-refractivity contribution in [3.63, 3.8) is 0 Å². The lowest BCUT2D eigenvalue weighted by atomic mass is 9.79. The van der Waals surface area contributed by atoms with E-state index in [4.69, 9.17) is 0 Å². The standard InChI is InChI=1S/C31H36F3N7O2/c32-31(33,34)26-3-1-4-27(39-26)40-16-9-21(10-17-40)29(42)41-18-11-24(20-41)38-23-7-12-30(43,13-8-23)25-6-5-22(19-37-25)28-35-14-2-15-36-28/h1-6,14-15,19,21,23-24,38,43H,7-13,16-18,20H2/t23?,24-,30?/m0/s1. The van der Waals surface area contributed by atoms with Crippen LogP contribution in [-0.4, -0.2) is 74.1 Å². The molecule has 3 aromatic heterocycles. The number of hydrogen-bond acceptors (Lipinski definition) is 8. The fraction of sp³-hybridized carbons (Fsp3) is 0.516. The van der Waals surface area contributed by atoms with Crippen LogP contribution in [0.4, 0.5) is 19.0 Å². The van der Waals surface area contributed by atoms with E-state index in [-0.39, 0.29) is 23.9 Å². The molecular weight excluding hydrogens is 559 g/mol. The maximum atomic E-state index is 13.3. The minimum atomic E-state index is -4.48. The molecule has 228 valence electrons. The number of pyridine rings is 2. The van der Waals surface area contributed by atoms with Crippen molar-refractivity contribution in [2.75, 3.05) is 31.1 Å². The molecule has 3 aromatic rings. The van der Waals surface area contributed by atoms with Crippen LogP contribution in [0.5, 0.6) is 0 Å². The van der Waals surface area contributed by atoms with Crippen LogP contribution in [0, 0.1) is 5.92 Å². The first-order chi connectivity index (χ1) is 20.7. The fourth-order valence-electron chi connectivity index (χ4n) is 6.57. The van der Waals surface area contributed by atoms with E-state index in [1.807, 2.05) is 21.9 Å². The van der Waals surface area contributed by atoms with Crippen molar-refractivity contribution in [3.05, 3.63) is 66.4 Å². The number of halogens is 3. The second kappa shape index (κ2) is 12.2. The third-order valence-corrected chi connectivity index (χ3v) is 9.04. The third-order valence-electron chi connectivity index (χ3n) is 9.04. The predicted molar refractivity (Wildman–Crippen MR) is 154 cm³/mol. The van der Waals surface area contributed by atoms with Gasteiger partial charge in [-0.05, 0) is 75.3 Å². The van der Waals surface area contributed by atoms with Crippen LogP contribution in [0.15, 0.2) is 55.0 Å². The lowest BCUT2D eigenvalue weighted by Crippen LogP contribution is -2.46. The van der Waals surface area contributed by atoms with E-state index in [2.05, 4.69) is 25.3 Å². The summed E-state index contributed by atoms with van der Waals surface area (Å²) in [7, 11) is 0. The molecule has 2 aliphatic heterocycles. The summed E-state index contributed by atoms with van der Waals surface area (Å²) < 4.78 is 39.2. The number of anilines is 1. The van der Waals surface area contributed by atoms with Crippen LogP contribution >= 0.6 is 0 Å². The highest BCUT2D eigenvalue weighted by atomic mass is 19.4. The monoisotopic (exact) mass is 595 g/mol. The Morgan fingerprint density at radius 1 is 0.907 bits per heavy atom. The van der Waals surface area contributed by atoms with Crippen LogP contribution in [0.2, 0.25) is 0 Å². The molecule has 9 nitrogen and oxygen atoms in total. The summed E-state index contributed by atoms with van der Waals surface area (Å²) in [6.07, 6.45) is 5.51. The van der Waals surface area contributed by atoms with Gasteiger partial charge in [0.25, 0.3) is 0 Å². The molecule has 3 aliphatic rings. The van der Waals surface area contributed by atoms with E-state index in [1.165, 1.54) is 6.07 Å². The maximum absolute atomic E-state index is 13.3. The van der Waals surface area contributed by atoms with E-state index >= 15 is 0 Å². The number of aromatic nitrogens is 4. The minimum Gasteiger partial charge on any atom is -0.384 e. The zero-order chi connectivity index (χ0) is 30.0. The van der Waals surface area contributed by atoms with Crippen molar-refractivity contribution in [1.82, 2.24) is 30.2 Å². The van der Waals surface area contributed by atoms with Gasteiger partial charge >= 0.3 is 6.18 Å². The second-order valence-corrected chi connectivity index (χ2v) is 11.9. The SMILES string of the molecule is O=C(C1CCN(c2cccc(C(F)(F)F)n2)CC1)N1CC[C@H](NC2CCC(O)(c3ccc(-c4ncccn4)cn3)CC2)C1. The molecule has 12 heteroatoms. The van der Waals surface area contributed by atoms with Gasteiger partial charge in [-0.2, -0.15) is 13.2 Å². The van der Waals surface area contributed by atoms with Gasteiger partial charge in [-0.15, -0.1) is 0 Å². The molecule has 6 rings (SSSR count). The minimum absolute atomic E-state index is 0.127. The van der Waals surface area contributed by atoms with Crippen LogP contribution in [0.3, 0.4) is 0 Å². The van der Waals surface area contributed by atoms with E-state index in [1.54, 1.807) is 30.7 Å². The molecule has 3 fully saturated rings. The molecule has 0 unspecified atom stereocenters. The highest BCUT2D eigenvalue weighted by molar-refractivity contribution is 5.79. The van der Waals surface area contributed by atoms with Crippen molar-refractivity contribution in [2.24, 2.45) is 5.92 Å². The number of carbonyl (C=O) groups excluding carboxylic acids is 1. The summed E-state index contributed by atoms with van der Waals surface area (Å²) in [5.41, 5.74) is -0.393. The average Bonchev–Trinajstić information content (AvgIpc) is 3.51. The quantitative estimate of drug-likeness (QED) is 0.437. The molecule has 43 heavy (non-hydrogen) atoms. The number of piperidine rings is 1. The highest BCUT2D eigenvalue weighted by Gasteiger charge is 2.39. The number of amides is 1. The topological polar surface area (TPSA) is 107 Å². The van der Waals surface area contributed by atoms with Gasteiger partial charge in [0.2, 0.25) is 5.91 Å². The fourth-order valence-corrected chi connectivity index (χ4v) is 6.57. The van der Waals surface area contributed by atoms with Gasteiger partial charge in [-0.25, -0.2) is 15.0 Å². The Hall–Kier alpha value is -3.64. The first-order valence-electron chi connectivity index (χ1n) is 15.0. The predicted octanol–water partition coefficient (Wildman–Crippen LogP) is 4.19. The van der Waals surface area contributed by atoms with Crippen molar-refractivity contribution in [1.29, 1.82) is 0 Å². The van der Waals surface area contributed by atoms with Gasteiger partial charge in [-0.1, -0.05) is 6.07 Å². The largest absolute Gasteiger partial charge is 0.433 e. The summed E-state index contributed by atoms with van der Waals surface area (Å²) in [5.74, 6) is 0.913. The molecule has 1 saturated carbocycles. The summed E-state index contributed by atoms with van der Waals surface area (Å²) in [5, 5.41) is 15.1. The first kappa shape index (κ1) is 29.4. The Balaban J connectivity index is 0.955. The van der Waals surface area contributed by atoms with Crippen molar-refractivity contribution in [3.8, 4) is 11.4 Å². The number of nitrogens with zero attached hydrogens (tertiary/aromatic N) is 6. The molecule has 1 amide bonds. The van der Waals surface area contributed by atoms with E-state index in [0.29, 0.717) is 69.2 Å². The van der Waals surface area contributed by atoms with E-state index in [0.717, 1.165) is 30.9 Å². The summed E-state index contributed by atoms with van der Waals surface area (Å²) in [6.45, 7) is 2.36. The lowest BCUT2D eigenvalue weighted by molar-refractivity contribution is -0.141. The van der Waals surface area contributed by atoms with E-state index in [9.17, 15) is 23.1 Å². The van der Waals surface area contributed by atoms with Crippen LogP contribution in [-0.2, 0) is 16.6 Å². The lowest BCUT2D eigenvalue weighted by Gasteiger charge is -2.37. The number of aliphatic hydroxyl groups is 1. The van der Waals surface area contributed by atoms with Crippen LogP contribution in [0.1, 0.15) is 56.3 Å². The summed E-state index contributed by atoms with van der Waals surface area (Å²) in [4.78, 5) is 33.9. The molecule has 1 aliphatic carbocycles. The van der Waals surface area contributed by atoms with Crippen LogP contribution in [0.25, 0.3) is 11.4 Å². The number of nitrogens with one attached hydrogen (secondary N) is 1. The Labute approximate surface area is 248 Å². The normalized spacial score (nSPS) is 25.2. The average molecular weight is 596 g/mol. The Morgan fingerprint density at radius 3 is 2.33 bits per heavy atom. The molecule has 0 aromatic carbocycles. The van der Waals surface area contributed by atoms with Gasteiger partial charge < -0.3 is 20.2 Å². The van der Waals surface area contributed by atoms with Crippen molar-refractivity contribution >= 4 is 11.7 Å². The van der Waals surface area contributed by atoms with Gasteiger partial charge in [0, 0.05) is 68.3 Å². The number of rotatable bonds is 6. The summed E-state index contributed by atoms with van der Waals surface area (Å²) >= 11 is 0. The molecule has 5 heterocycles. The molecule has 2 N–H and O–H groups in total. The maximum Gasteiger partial charge on any atom is 0.433 e. The first-order valence-corrected chi connectivity index (χ1v) is 15.0. The number of alkyl halides is 3. The summed E-state index contributed by atoms with van der Waals surface area (Å²) in [6, 6.07) is 9.94. The molecular formula is C31H36F3N7O2. The molecule has 0 radical (unpaired) electrons. The molecule has 1 atom stereocenters. The third kappa shape index (κ3) is 6.65. The van der Waals surface area contributed by atoms with Gasteiger partial charge in [-0.3, -0.25) is 9.78 Å². The Morgan fingerprint density at radius 2 is 1.65 bits per heavy atom. The van der Waals surface area contributed by atoms with Crippen LogP contribution < -0.4 is 10.2 Å². The van der Waals surface area contributed by atoms with Crippen molar-refractivity contribution in [2.45, 2.75) is 68.8 Å². The molecule has 0 spiro atoms. The van der Waals surface area contributed by atoms with Gasteiger partial charge in [0.1, 0.15) is 17.1 Å². The molecule has 0 bridgehead atoms. The molecule has 2 saturated heterocycles. The smallest absolute Gasteiger partial charge is 0.384 e.